The third-order valence-electron chi connectivity index (χ3n) is 8.83. The van der Waals surface area contributed by atoms with E-state index in [4.69, 9.17) is 0 Å². The molecule has 5 aromatic rings. The van der Waals surface area contributed by atoms with E-state index < -0.39 is 7.26 Å². The van der Waals surface area contributed by atoms with Gasteiger partial charge in [-0.25, -0.2) is 0 Å². The topological polar surface area (TPSA) is 56.1 Å². The first-order valence-electron chi connectivity index (χ1n) is 15.5. The molecule has 0 aliphatic heterocycles. The van der Waals surface area contributed by atoms with Crippen LogP contribution in [0, 0.1) is 6.92 Å². The van der Waals surface area contributed by atoms with Crippen LogP contribution >= 0.6 is 7.26 Å². The van der Waals surface area contributed by atoms with Crippen LogP contribution in [0.15, 0.2) is 126 Å². The lowest BCUT2D eigenvalue weighted by atomic mass is 9.84. The highest BCUT2D eigenvalue weighted by Crippen LogP contribution is 2.56. The Morgan fingerprint density at radius 2 is 1.00 bits per heavy atom. The van der Waals surface area contributed by atoms with E-state index in [1.54, 1.807) is 31.2 Å². The average molecular weight is 599 g/mol. The largest absolute Gasteiger partial charge is 0.305 e. The smallest absolute Gasteiger partial charge is 0.251 e. The molecule has 44 heavy (non-hydrogen) atoms. The van der Waals surface area contributed by atoms with Gasteiger partial charge in [-0.1, -0.05) is 91.7 Å². The molecular formula is C39H37NO3P+. The maximum atomic E-state index is 13.5. The Morgan fingerprint density at radius 1 is 0.545 bits per heavy atom. The van der Waals surface area contributed by atoms with Crippen molar-refractivity contribution in [2.24, 2.45) is 0 Å². The number of aromatic nitrogens is 1. The number of carbonyl (C=O) groups is 2. The summed E-state index contributed by atoms with van der Waals surface area (Å²) in [5, 5.41) is 4.21. The van der Waals surface area contributed by atoms with Gasteiger partial charge in [0.2, 0.25) is 5.78 Å². The molecule has 0 fully saturated rings. The summed E-state index contributed by atoms with van der Waals surface area (Å²) in [5.41, 5.74) is 1.77. The van der Waals surface area contributed by atoms with Gasteiger partial charge in [0, 0.05) is 23.7 Å². The number of unbranched alkanes of at least 4 members (excludes halogenated alkanes) is 4. The molecule has 0 saturated carbocycles. The molecule has 1 heterocycles. The first-order valence-corrected chi connectivity index (χ1v) is 17.5. The fourth-order valence-electron chi connectivity index (χ4n) is 6.68. The van der Waals surface area contributed by atoms with E-state index in [1.165, 1.54) is 26.5 Å². The molecule has 0 unspecified atom stereocenters. The van der Waals surface area contributed by atoms with Crippen LogP contribution in [0.3, 0.4) is 0 Å². The molecule has 0 atom stereocenters. The summed E-state index contributed by atoms with van der Waals surface area (Å²) in [6.07, 6.45) is 6.02. The van der Waals surface area contributed by atoms with Gasteiger partial charge in [0.1, 0.15) is 28.9 Å². The Kier molecular flexibility index (Phi) is 8.82. The molecular weight excluding hydrogens is 561 g/mol. The van der Waals surface area contributed by atoms with Gasteiger partial charge in [-0.15, -0.1) is 0 Å². The van der Waals surface area contributed by atoms with E-state index >= 15 is 0 Å². The van der Waals surface area contributed by atoms with E-state index in [2.05, 4.69) is 91.0 Å². The second-order valence-corrected chi connectivity index (χ2v) is 15.2. The lowest BCUT2D eigenvalue weighted by molar-refractivity contribution is 0.0970. The zero-order valence-corrected chi connectivity index (χ0v) is 26.0. The summed E-state index contributed by atoms with van der Waals surface area (Å²) >= 11 is 0. The van der Waals surface area contributed by atoms with Crippen LogP contribution in [0.1, 0.15) is 69.6 Å². The first-order chi connectivity index (χ1) is 21.5. The summed E-state index contributed by atoms with van der Waals surface area (Å²) in [5.74, 6) is -0.414. The monoisotopic (exact) mass is 598 g/mol. The van der Waals surface area contributed by atoms with Gasteiger partial charge in [0.15, 0.2) is 5.78 Å². The number of pyridine rings is 1. The van der Waals surface area contributed by atoms with E-state index in [0.29, 0.717) is 28.8 Å². The molecule has 1 aliphatic rings. The molecule has 0 amide bonds. The van der Waals surface area contributed by atoms with Crippen LogP contribution in [0.4, 0.5) is 0 Å². The Balaban J connectivity index is 1.16. The van der Waals surface area contributed by atoms with Crippen LogP contribution in [0.25, 0.3) is 0 Å². The lowest BCUT2D eigenvalue weighted by Crippen LogP contribution is -2.33. The molecule has 0 saturated heterocycles. The van der Waals surface area contributed by atoms with Crippen LogP contribution in [-0.2, 0) is 6.54 Å². The zero-order chi connectivity index (χ0) is 30.5. The highest BCUT2D eigenvalue weighted by atomic mass is 31.2. The van der Waals surface area contributed by atoms with Gasteiger partial charge >= 0.3 is 0 Å². The summed E-state index contributed by atoms with van der Waals surface area (Å²) in [6, 6.07) is 41.3. The maximum absolute atomic E-state index is 13.5. The molecule has 0 spiro atoms. The highest BCUT2D eigenvalue weighted by molar-refractivity contribution is 7.95. The Bertz CT molecular complexity index is 1750. The van der Waals surface area contributed by atoms with Crippen LogP contribution in [0.5, 0.6) is 0 Å². The molecule has 4 nitrogen and oxygen atoms in total. The fourth-order valence-corrected chi connectivity index (χ4v) is 11.1. The minimum atomic E-state index is -1.84. The maximum Gasteiger partial charge on any atom is 0.251 e. The second kappa shape index (κ2) is 13.1. The number of fused-ring (bicyclic) bond motifs is 2. The minimum Gasteiger partial charge on any atom is -0.305 e. The molecule has 5 heteroatoms. The molecule has 1 aliphatic carbocycles. The zero-order valence-electron chi connectivity index (χ0n) is 25.1. The number of rotatable bonds is 11. The van der Waals surface area contributed by atoms with E-state index in [1.807, 2.05) is 0 Å². The quantitative estimate of drug-likeness (QED) is 0.121. The van der Waals surface area contributed by atoms with Gasteiger partial charge in [-0.3, -0.25) is 14.4 Å². The first kappa shape index (κ1) is 29.7. The minimum absolute atomic E-state index is 0.177. The summed E-state index contributed by atoms with van der Waals surface area (Å²) in [4.78, 5) is 39.9. The van der Waals surface area contributed by atoms with E-state index in [0.717, 1.165) is 38.3 Å². The number of hydrogen-bond donors (Lipinski definition) is 0. The average Bonchev–Trinajstić information content (AvgIpc) is 3.07. The van der Waals surface area contributed by atoms with Crippen LogP contribution in [-0.4, -0.2) is 22.3 Å². The highest BCUT2D eigenvalue weighted by Gasteiger charge is 2.44. The number of benzene rings is 4. The van der Waals surface area contributed by atoms with Crippen LogP contribution in [0.2, 0.25) is 0 Å². The summed E-state index contributed by atoms with van der Waals surface area (Å²) in [6.45, 7) is 2.17. The van der Waals surface area contributed by atoms with Gasteiger partial charge in [0.25, 0.3) is 5.56 Å². The SMILES string of the molecule is Cc1cc(=O)n(CCCCCCC[P+](c2ccccc2)(c2ccccc2)c2ccccc2)c2c1C(=O)c1ccccc1C2=O. The van der Waals surface area contributed by atoms with E-state index in [-0.39, 0.29) is 22.8 Å². The van der Waals surface area contributed by atoms with Crippen molar-refractivity contribution in [1.29, 1.82) is 0 Å². The van der Waals surface area contributed by atoms with Crippen LogP contribution < -0.4 is 21.5 Å². The second-order valence-electron chi connectivity index (χ2n) is 11.6. The van der Waals surface area contributed by atoms with Gasteiger partial charge < -0.3 is 4.57 Å². The van der Waals surface area contributed by atoms with Crippen molar-refractivity contribution >= 4 is 34.7 Å². The Hall–Kier alpha value is -4.40. The molecule has 0 bridgehead atoms. The van der Waals surface area contributed by atoms with Crippen molar-refractivity contribution in [1.82, 2.24) is 4.57 Å². The summed E-state index contributed by atoms with van der Waals surface area (Å²) < 4.78 is 1.54. The molecule has 0 radical (unpaired) electrons. The summed E-state index contributed by atoms with van der Waals surface area (Å²) in [7, 11) is -1.84. The van der Waals surface area contributed by atoms with Gasteiger partial charge in [-0.05, 0) is 68.1 Å². The number of nitrogens with zero attached hydrogens (tertiary/aromatic N) is 1. The van der Waals surface area contributed by atoms with Gasteiger partial charge in [-0.2, -0.15) is 0 Å². The standard InChI is InChI=1S/C39H37NO3P/c1-29-28-35(41)40(37-36(29)38(42)33-24-14-15-25-34(33)39(37)43)26-16-3-2-4-17-27-44(30-18-8-5-9-19-30,31-20-10-6-11-21-31)32-22-12-7-13-23-32/h5-15,18-25,28H,2-4,16-17,26-27H2,1H3/q+1. The van der Waals surface area contributed by atoms with E-state index in [9.17, 15) is 14.4 Å². The predicted molar refractivity (Wildman–Crippen MR) is 182 cm³/mol. The Morgan fingerprint density at radius 3 is 1.55 bits per heavy atom. The molecule has 1 aromatic heterocycles. The molecule has 0 N–H and O–H groups in total. The number of hydrogen-bond acceptors (Lipinski definition) is 3. The third-order valence-corrected chi connectivity index (χ3v) is 13.4. The number of carbonyl (C=O) groups excluding carboxylic acids is 2. The van der Waals surface area contributed by atoms with Crippen molar-refractivity contribution in [3.8, 4) is 0 Å². The normalized spacial score (nSPS) is 12.6. The number of ketones is 2. The van der Waals surface area contributed by atoms with Crippen molar-refractivity contribution in [2.45, 2.75) is 45.6 Å². The molecule has 4 aromatic carbocycles. The molecule has 220 valence electrons. The van der Waals surface area contributed by atoms with Crippen molar-refractivity contribution in [2.75, 3.05) is 6.16 Å². The van der Waals surface area contributed by atoms with Crippen molar-refractivity contribution < 1.29 is 9.59 Å². The lowest BCUT2D eigenvalue weighted by Gasteiger charge is -2.27. The number of aryl methyl sites for hydroxylation is 1. The Labute approximate surface area is 259 Å². The predicted octanol–water partition coefficient (Wildman–Crippen LogP) is 6.88. The van der Waals surface area contributed by atoms with Crippen molar-refractivity contribution in [3.63, 3.8) is 0 Å². The van der Waals surface area contributed by atoms with Gasteiger partial charge in [0.05, 0.1) is 11.7 Å². The fraction of sp³-hybridized carbons (Fsp3) is 0.205. The molecule has 6 rings (SSSR count). The third kappa shape index (κ3) is 5.51. The van der Waals surface area contributed by atoms with Crippen molar-refractivity contribution in [3.05, 3.63) is 160 Å².